The van der Waals surface area contributed by atoms with Gasteiger partial charge in [-0.15, -0.1) is 0 Å². The molecule has 6 heteroatoms. The molecule has 0 saturated carbocycles. The Kier molecular flexibility index (Phi) is 5.50. The molecule has 2 aliphatic heterocycles. The molecule has 1 fully saturated rings. The van der Waals surface area contributed by atoms with Crippen LogP contribution in [0.1, 0.15) is 27.9 Å². The summed E-state index contributed by atoms with van der Waals surface area (Å²) in [7, 11) is 0. The molecule has 6 nitrogen and oxygen atoms in total. The quantitative estimate of drug-likeness (QED) is 0.656. The molecule has 2 heterocycles. The van der Waals surface area contributed by atoms with Crippen molar-refractivity contribution in [2.24, 2.45) is 0 Å². The van der Waals surface area contributed by atoms with E-state index in [1.54, 1.807) is 0 Å². The van der Waals surface area contributed by atoms with Crippen molar-refractivity contribution >= 4 is 23.3 Å². The lowest BCUT2D eigenvalue weighted by Gasteiger charge is -2.20. The lowest BCUT2D eigenvalue weighted by Crippen LogP contribution is -2.37. The molecule has 1 saturated heterocycles. The van der Waals surface area contributed by atoms with Gasteiger partial charge in [-0.25, -0.2) is 4.79 Å². The number of urea groups is 1. The van der Waals surface area contributed by atoms with Gasteiger partial charge in [0.05, 0.1) is 0 Å². The molecule has 3 amide bonds. The Bertz CT molecular complexity index is 1090. The van der Waals surface area contributed by atoms with Crippen molar-refractivity contribution in [2.45, 2.75) is 25.6 Å². The maximum atomic E-state index is 12.7. The molecule has 32 heavy (non-hydrogen) atoms. The topological polar surface area (TPSA) is 64.7 Å². The highest BCUT2D eigenvalue weighted by Gasteiger charge is 2.25. The number of nitrogens with one attached hydrogen (secondary N) is 2. The molecule has 3 aromatic carbocycles. The number of rotatable bonds is 4. The number of hydrogen-bond donors (Lipinski definition) is 2. The van der Waals surface area contributed by atoms with Crippen molar-refractivity contribution in [3.05, 3.63) is 95.6 Å². The average Bonchev–Trinajstić information content (AvgIpc) is 3.47. The van der Waals surface area contributed by atoms with Gasteiger partial charge in [0.2, 0.25) is 0 Å². The van der Waals surface area contributed by atoms with E-state index in [2.05, 4.69) is 27.7 Å². The summed E-state index contributed by atoms with van der Waals surface area (Å²) < 4.78 is 0. The number of benzene rings is 3. The van der Waals surface area contributed by atoms with Crippen LogP contribution in [0.4, 0.5) is 16.2 Å². The van der Waals surface area contributed by atoms with Gasteiger partial charge in [0.15, 0.2) is 0 Å². The first-order chi connectivity index (χ1) is 15.7. The molecule has 1 atom stereocenters. The molecule has 3 aromatic rings. The second kappa shape index (κ2) is 8.75. The molecule has 2 N–H and O–H groups in total. The Morgan fingerprint density at radius 2 is 1.47 bits per heavy atom. The van der Waals surface area contributed by atoms with Gasteiger partial charge in [-0.3, -0.25) is 4.79 Å². The van der Waals surface area contributed by atoms with Crippen LogP contribution in [0.25, 0.3) is 0 Å². The van der Waals surface area contributed by atoms with E-state index in [4.69, 9.17) is 0 Å². The summed E-state index contributed by atoms with van der Waals surface area (Å²) in [6, 6.07) is 25.4. The normalized spacial score (nSPS) is 17.2. The average molecular weight is 427 g/mol. The van der Waals surface area contributed by atoms with Gasteiger partial charge in [0.1, 0.15) is 0 Å². The van der Waals surface area contributed by atoms with Crippen LogP contribution in [0.3, 0.4) is 0 Å². The predicted octanol–water partition coefficient (Wildman–Crippen LogP) is 4.24. The fourth-order valence-corrected chi connectivity index (χ4v) is 4.41. The Labute approximate surface area is 187 Å². The highest BCUT2D eigenvalue weighted by atomic mass is 16.2. The Morgan fingerprint density at radius 3 is 2.16 bits per heavy atom. The molecule has 0 radical (unpaired) electrons. The summed E-state index contributed by atoms with van der Waals surface area (Å²) in [6.07, 6.45) is 0.909. The molecule has 0 bridgehead atoms. The summed E-state index contributed by atoms with van der Waals surface area (Å²) in [4.78, 5) is 29.1. The van der Waals surface area contributed by atoms with Gasteiger partial charge in [-0.2, -0.15) is 0 Å². The van der Waals surface area contributed by atoms with E-state index in [9.17, 15) is 9.59 Å². The highest BCUT2D eigenvalue weighted by Crippen LogP contribution is 2.25. The first kappa shape index (κ1) is 20.1. The molecule has 0 aliphatic carbocycles. The smallest absolute Gasteiger partial charge is 0.322 e. The zero-order valence-corrected chi connectivity index (χ0v) is 17.8. The van der Waals surface area contributed by atoms with Gasteiger partial charge >= 0.3 is 6.03 Å². The SMILES string of the molecule is O=C(N[C@H]1CCN(c2ccc(NC(=O)N3Cc4ccccc4C3)cc2)C1)c1ccccc1. The number of nitrogens with zero attached hydrogens (tertiary/aromatic N) is 2. The van der Waals surface area contributed by atoms with E-state index < -0.39 is 0 Å². The summed E-state index contributed by atoms with van der Waals surface area (Å²) in [5.41, 5.74) is 4.98. The first-order valence-electron chi connectivity index (χ1n) is 11.0. The minimum Gasteiger partial charge on any atom is -0.369 e. The number of amides is 3. The van der Waals surface area contributed by atoms with Crippen LogP contribution in [0.5, 0.6) is 0 Å². The molecule has 0 unspecified atom stereocenters. The largest absolute Gasteiger partial charge is 0.369 e. The molecule has 2 aliphatic rings. The van der Waals surface area contributed by atoms with Gasteiger partial charge in [0.25, 0.3) is 5.91 Å². The van der Waals surface area contributed by atoms with Crippen molar-refractivity contribution in [1.29, 1.82) is 0 Å². The zero-order chi connectivity index (χ0) is 21.9. The Morgan fingerprint density at radius 1 is 0.812 bits per heavy atom. The maximum absolute atomic E-state index is 12.7. The second-order valence-corrected chi connectivity index (χ2v) is 8.37. The summed E-state index contributed by atoms with van der Waals surface area (Å²) >= 11 is 0. The van der Waals surface area contributed by atoms with Crippen LogP contribution in [0.15, 0.2) is 78.9 Å². The number of hydrogen-bond acceptors (Lipinski definition) is 3. The van der Waals surface area contributed by atoms with E-state index in [0.29, 0.717) is 18.7 Å². The fraction of sp³-hybridized carbons (Fsp3) is 0.231. The fourth-order valence-electron chi connectivity index (χ4n) is 4.41. The summed E-state index contributed by atoms with van der Waals surface area (Å²) in [5, 5.41) is 6.13. The second-order valence-electron chi connectivity index (χ2n) is 8.37. The van der Waals surface area contributed by atoms with Gasteiger partial charge in [-0.1, -0.05) is 42.5 Å². The van der Waals surface area contributed by atoms with Crippen molar-refractivity contribution in [2.75, 3.05) is 23.3 Å². The minimum absolute atomic E-state index is 0.0282. The minimum atomic E-state index is -0.0844. The third-order valence-corrected chi connectivity index (χ3v) is 6.17. The lowest BCUT2D eigenvalue weighted by molar-refractivity contribution is 0.0940. The standard InChI is InChI=1S/C26H26N4O2/c31-25(19-6-2-1-3-7-19)27-23-14-15-29(18-23)24-12-10-22(11-13-24)28-26(32)30-16-20-8-4-5-9-21(20)17-30/h1-13,23H,14-18H2,(H,27,31)(H,28,32)/t23-/m0/s1. The van der Waals surface area contributed by atoms with E-state index in [1.165, 1.54) is 11.1 Å². The molecular weight excluding hydrogens is 400 g/mol. The first-order valence-corrected chi connectivity index (χ1v) is 11.0. The van der Waals surface area contributed by atoms with Crippen molar-refractivity contribution < 1.29 is 9.59 Å². The number of carbonyl (C=O) groups excluding carboxylic acids is 2. The Balaban J connectivity index is 1.14. The third kappa shape index (κ3) is 4.30. The van der Waals surface area contributed by atoms with Gasteiger partial charge in [0, 0.05) is 49.2 Å². The lowest BCUT2D eigenvalue weighted by atomic mass is 10.1. The third-order valence-electron chi connectivity index (χ3n) is 6.17. The molecule has 0 aromatic heterocycles. The van der Waals surface area contributed by atoms with Crippen molar-refractivity contribution in [3.63, 3.8) is 0 Å². The van der Waals surface area contributed by atoms with Crippen LogP contribution in [0.2, 0.25) is 0 Å². The molecular formula is C26H26N4O2. The number of fused-ring (bicyclic) bond motifs is 1. The van der Waals surface area contributed by atoms with Crippen molar-refractivity contribution in [3.8, 4) is 0 Å². The molecule has 5 rings (SSSR count). The van der Waals surface area contributed by atoms with Crippen LogP contribution in [-0.4, -0.2) is 36.0 Å². The Hall–Kier alpha value is -3.80. The van der Waals surface area contributed by atoms with Crippen LogP contribution in [-0.2, 0) is 13.1 Å². The van der Waals surface area contributed by atoms with Crippen LogP contribution in [0, 0.1) is 0 Å². The number of anilines is 2. The highest BCUT2D eigenvalue weighted by molar-refractivity contribution is 5.94. The maximum Gasteiger partial charge on any atom is 0.322 e. The predicted molar refractivity (Wildman–Crippen MR) is 126 cm³/mol. The van der Waals surface area contributed by atoms with Gasteiger partial charge < -0.3 is 20.4 Å². The number of carbonyl (C=O) groups is 2. The van der Waals surface area contributed by atoms with E-state index in [1.807, 2.05) is 71.6 Å². The van der Waals surface area contributed by atoms with E-state index in [-0.39, 0.29) is 18.0 Å². The summed E-state index contributed by atoms with van der Waals surface area (Å²) in [5.74, 6) is -0.0282. The molecule has 0 spiro atoms. The zero-order valence-electron chi connectivity index (χ0n) is 17.8. The van der Waals surface area contributed by atoms with E-state index >= 15 is 0 Å². The summed E-state index contributed by atoms with van der Waals surface area (Å²) in [6.45, 7) is 2.95. The van der Waals surface area contributed by atoms with Crippen LogP contribution < -0.4 is 15.5 Å². The molecule has 162 valence electrons. The van der Waals surface area contributed by atoms with Crippen LogP contribution >= 0.6 is 0 Å². The monoisotopic (exact) mass is 426 g/mol. The van der Waals surface area contributed by atoms with Gasteiger partial charge in [-0.05, 0) is 53.9 Å². The van der Waals surface area contributed by atoms with Crippen molar-refractivity contribution in [1.82, 2.24) is 10.2 Å². The van der Waals surface area contributed by atoms with E-state index in [0.717, 1.165) is 30.9 Å².